The third-order valence-electron chi connectivity index (χ3n) is 5.03. The zero-order valence-electron chi connectivity index (χ0n) is 17.9. The number of hydrogen-bond donors (Lipinski definition) is 0. The summed E-state index contributed by atoms with van der Waals surface area (Å²) >= 11 is 0. The van der Waals surface area contributed by atoms with Crippen LogP contribution < -0.4 is 0 Å². The van der Waals surface area contributed by atoms with Crippen molar-refractivity contribution in [2.45, 2.75) is 118 Å². The van der Waals surface area contributed by atoms with E-state index in [4.69, 9.17) is 19.6 Å². The Hall–Kier alpha value is -0.160. The molecule has 4 nitrogen and oxygen atoms in total. The molecule has 0 heterocycles. The highest BCUT2D eigenvalue weighted by atomic mass is 17.2. The maximum Gasteiger partial charge on any atom is 0.0980 e. The van der Waals surface area contributed by atoms with E-state index in [0.29, 0.717) is 12.5 Å². The van der Waals surface area contributed by atoms with E-state index in [0.717, 1.165) is 44.9 Å². The zero-order chi connectivity index (χ0) is 19.1. The minimum absolute atomic E-state index is 0.0584. The number of rotatable bonds is 11. The summed E-state index contributed by atoms with van der Waals surface area (Å²) in [6.45, 7) is 17.8. The molecule has 3 unspecified atom stereocenters. The second kappa shape index (κ2) is 9.68. The fourth-order valence-electron chi connectivity index (χ4n) is 4.10. The van der Waals surface area contributed by atoms with Gasteiger partial charge in [0.15, 0.2) is 0 Å². The van der Waals surface area contributed by atoms with Crippen molar-refractivity contribution in [1.29, 1.82) is 0 Å². The van der Waals surface area contributed by atoms with Crippen LogP contribution >= 0.6 is 0 Å². The van der Waals surface area contributed by atoms with Crippen molar-refractivity contribution in [3.63, 3.8) is 0 Å². The van der Waals surface area contributed by atoms with Crippen LogP contribution in [0.4, 0.5) is 0 Å². The molecular formula is C21H42O4. The molecule has 1 rings (SSSR count). The van der Waals surface area contributed by atoms with Gasteiger partial charge in [0, 0.05) is 0 Å². The predicted molar refractivity (Wildman–Crippen MR) is 102 cm³/mol. The van der Waals surface area contributed by atoms with Crippen molar-refractivity contribution >= 4 is 0 Å². The van der Waals surface area contributed by atoms with Crippen molar-refractivity contribution in [3.05, 3.63) is 0 Å². The third kappa shape index (κ3) is 8.85. The van der Waals surface area contributed by atoms with Gasteiger partial charge in [0.25, 0.3) is 0 Å². The van der Waals surface area contributed by atoms with Gasteiger partial charge in [-0.1, -0.05) is 40.5 Å². The summed E-state index contributed by atoms with van der Waals surface area (Å²) in [5, 5.41) is 0. The van der Waals surface area contributed by atoms with Crippen molar-refractivity contribution in [2.24, 2.45) is 11.3 Å². The average molecular weight is 359 g/mol. The van der Waals surface area contributed by atoms with E-state index in [2.05, 4.69) is 55.4 Å². The van der Waals surface area contributed by atoms with Crippen LogP contribution in [-0.4, -0.2) is 23.9 Å². The molecule has 1 saturated carbocycles. The van der Waals surface area contributed by atoms with E-state index >= 15 is 0 Å². The van der Waals surface area contributed by atoms with Gasteiger partial charge in [0.2, 0.25) is 0 Å². The Balaban J connectivity index is 2.50. The quantitative estimate of drug-likeness (QED) is 0.324. The molecule has 0 amide bonds. The maximum absolute atomic E-state index is 5.86. The van der Waals surface area contributed by atoms with E-state index in [9.17, 15) is 0 Å². The molecule has 1 aliphatic rings. The summed E-state index contributed by atoms with van der Waals surface area (Å²) < 4.78 is 0. The Morgan fingerprint density at radius 3 is 2.04 bits per heavy atom. The molecular weight excluding hydrogens is 316 g/mol. The summed E-state index contributed by atoms with van der Waals surface area (Å²) in [7, 11) is 0. The van der Waals surface area contributed by atoms with Crippen LogP contribution in [-0.2, 0) is 19.6 Å². The molecule has 0 radical (unpaired) electrons. The predicted octanol–water partition coefficient (Wildman–Crippen LogP) is 6.24. The normalized spacial score (nSPS) is 28.3. The van der Waals surface area contributed by atoms with Crippen LogP contribution in [0.1, 0.15) is 100 Å². The first-order valence-corrected chi connectivity index (χ1v) is 10.2. The minimum Gasteiger partial charge on any atom is -0.236 e. The lowest BCUT2D eigenvalue weighted by molar-refractivity contribution is -0.394. The van der Waals surface area contributed by atoms with Crippen LogP contribution in [0.5, 0.6) is 0 Å². The fraction of sp³-hybridized carbons (Fsp3) is 1.00. The van der Waals surface area contributed by atoms with Gasteiger partial charge in [0.1, 0.15) is 0 Å². The molecule has 0 aromatic carbocycles. The maximum atomic E-state index is 5.86. The molecule has 0 aromatic heterocycles. The van der Waals surface area contributed by atoms with Crippen molar-refractivity contribution in [3.8, 4) is 0 Å². The molecule has 25 heavy (non-hydrogen) atoms. The second-order valence-electron chi connectivity index (χ2n) is 9.73. The summed E-state index contributed by atoms with van der Waals surface area (Å²) in [5.41, 5.74) is -0.396. The first-order valence-electron chi connectivity index (χ1n) is 10.2. The van der Waals surface area contributed by atoms with Crippen LogP contribution in [0, 0.1) is 11.3 Å². The molecule has 0 spiro atoms. The SMILES string of the molecule is CCCC(C)(C)OOCC1(C)CC(C)CC(OOC(C)(C)CCC)C1. The van der Waals surface area contributed by atoms with Crippen molar-refractivity contribution < 1.29 is 19.6 Å². The monoisotopic (exact) mass is 358 g/mol. The van der Waals surface area contributed by atoms with Crippen LogP contribution in [0.2, 0.25) is 0 Å². The summed E-state index contributed by atoms with van der Waals surface area (Å²) in [5.74, 6) is 0.592. The zero-order valence-corrected chi connectivity index (χ0v) is 17.9. The van der Waals surface area contributed by atoms with Gasteiger partial charge < -0.3 is 0 Å². The van der Waals surface area contributed by atoms with Crippen LogP contribution in [0.3, 0.4) is 0 Å². The first kappa shape index (κ1) is 22.9. The average Bonchev–Trinajstić information content (AvgIpc) is 2.43. The molecule has 1 aliphatic carbocycles. The Kier molecular flexibility index (Phi) is 8.86. The van der Waals surface area contributed by atoms with Crippen molar-refractivity contribution in [2.75, 3.05) is 6.61 Å². The highest BCUT2D eigenvalue weighted by molar-refractivity contribution is 4.86. The summed E-state index contributed by atoms with van der Waals surface area (Å²) in [6.07, 6.45) is 7.40. The molecule has 0 aliphatic heterocycles. The molecule has 0 N–H and O–H groups in total. The Morgan fingerprint density at radius 1 is 0.920 bits per heavy atom. The van der Waals surface area contributed by atoms with Gasteiger partial charge in [0.05, 0.1) is 23.9 Å². The van der Waals surface area contributed by atoms with Crippen LogP contribution in [0.15, 0.2) is 0 Å². The topological polar surface area (TPSA) is 36.9 Å². The second-order valence-corrected chi connectivity index (χ2v) is 9.73. The van der Waals surface area contributed by atoms with Gasteiger partial charge in [-0.15, -0.1) is 0 Å². The third-order valence-corrected chi connectivity index (χ3v) is 5.03. The molecule has 150 valence electrons. The standard InChI is InChI=1S/C21H42O4/c1-9-11-19(4,5)24-22-16-21(8)14-17(3)13-18(15-21)23-25-20(6,7)12-10-2/h17-18H,9-16H2,1-8H3. The Morgan fingerprint density at radius 2 is 1.48 bits per heavy atom. The fourth-order valence-corrected chi connectivity index (χ4v) is 4.10. The first-order chi connectivity index (χ1) is 11.5. The van der Waals surface area contributed by atoms with E-state index in [1.54, 1.807) is 0 Å². The van der Waals surface area contributed by atoms with Gasteiger partial charge in [-0.3, -0.25) is 0 Å². The summed E-state index contributed by atoms with van der Waals surface area (Å²) in [6, 6.07) is 0. The molecule has 0 saturated heterocycles. The highest BCUT2D eigenvalue weighted by Crippen LogP contribution is 2.41. The van der Waals surface area contributed by atoms with Crippen molar-refractivity contribution in [1.82, 2.24) is 0 Å². The minimum atomic E-state index is -0.228. The lowest BCUT2D eigenvalue weighted by Crippen LogP contribution is -2.39. The largest absolute Gasteiger partial charge is 0.236 e. The smallest absolute Gasteiger partial charge is 0.0980 e. The molecule has 1 fully saturated rings. The van der Waals surface area contributed by atoms with E-state index in [1.165, 1.54) is 0 Å². The number of hydrogen-bond acceptors (Lipinski definition) is 4. The van der Waals surface area contributed by atoms with Gasteiger partial charge in [-0.05, 0) is 71.1 Å². The highest BCUT2D eigenvalue weighted by Gasteiger charge is 2.38. The lowest BCUT2D eigenvalue weighted by atomic mass is 9.71. The molecule has 4 heteroatoms. The molecule has 0 aromatic rings. The lowest BCUT2D eigenvalue weighted by Gasteiger charge is -2.41. The Bertz CT molecular complexity index is 380. The van der Waals surface area contributed by atoms with Gasteiger partial charge >= 0.3 is 0 Å². The summed E-state index contributed by atoms with van der Waals surface area (Å²) in [4.78, 5) is 23.0. The molecule has 3 atom stereocenters. The van der Waals surface area contributed by atoms with Gasteiger partial charge in [-0.2, -0.15) is 0 Å². The van der Waals surface area contributed by atoms with Gasteiger partial charge in [-0.25, -0.2) is 19.6 Å². The van der Waals surface area contributed by atoms with Crippen LogP contribution in [0.25, 0.3) is 0 Å². The van der Waals surface area contributed by atoms with E-state index < -0.39 is 0 Å². The molecule has 0 bridgehead atoms. The Labute approximate surface area is 155 Å². The van der Waals surface area contributed by atoms with E-state index in [-0.39, 0.29) is 22.7 Å². The van der Waals surface area contributed by atoms with E-state index in [1.807, 2.05) is 0 Å².